The second-order valence-electron chi connectivity index (χ2n) is 6.69. The van der Waals surface area contributed by atoms with E-state index in [2.05, 4.69) is 42.9 Å². The van der Waals surface area contributed by atoms with Gasteiger partial charge in [-0.1, -0.05) is 0 Å². The van der Waals surface area contributed by atoms with Crippen molar-refractivity contribution in [1.29, 1.82) is 0 Å². The van der Waals surface area contributed by atoms with E-state index in [9.17, 15) is 0 Å². The van der Waals surface area contributed by atoms with Crippen LogP contribution in [0.3, 0.4) is 0 Å². The Labute approximate surface area is 133 Å². The summed E-state index contributed by atoms with van der Waals surface area (Å²) in [6, 6.07) is 4.38. The van der Waals surface area contributed by atoms with Crippen LogP contribution in [0.1, 0.15) is 29.4 Å². The number of allylic oxidation sites excluding steroid dienone is 2. The predicted octanol–water partition coefficient (Wildman–Crippen LogP) is 4.81. The maximum atomic E-state index is 5.48. The Bertz CT molecular complexity index is 601. The number of benzene rings is 1. The summed E-state index contributed by atoms with van der Waals surface area (Å²) in [5.74, 6) is 2.86. The molecule has 0 unspecified atom stereocenters. The first-order valence-electron chi connectivity index (χ1n) is 7.04. The Hall–Kier alpha value is -0.161. The second kappa shape index (κ2) is 4.94. The number of rotatable bonds is 3. The van der Waals surface area contributed by atoms with E-state index in [0.29, 0.717) is 11.8 Å². The van der Waals surface area contributed by atoms with E-state index >= 15 is 0 Å². The van der Waals surface area contributed by atoms with E-state index in [0.717, 1.165) is 11.5 Å². The van der Waals surface area contributed by atoms with Crippen LogP contribution in [-0.4, -0.2) is 32.6 Å². The van der Waals surface area contributed by atoms with Gasteiger partial charge in [-0.05, 0) is 0 Å². The van der Waals surface area contributed by atoms with Gasteiger partial charge in [0.1, 0.15) is 0 Å². The summed E-state index contributed by atoms with van der Waals surface area (Å²) in [4.78, 5) is 7.52. The quantitative estimate of drug-likeness (QED) is 0.624. The minimum absolute atomic E-state index is 0.542. The summed E-state index contributed by atoms with van der Waals surface area (Å²) >= 11 is 1.85. The molecule has 108 valence electrons. The van der Waals surface area contributed by atoms with Crippen LogP contribution in [-0.2, 0) is 0 Å². The van der Waals surface area contributed by atoms with E-state index in [1.54, 1.807) is 17.8 Å². The van der Waals surface area contributed by atoms with Gasteiger partial charge in [-0.25, -0.2) is 0 Å². The number of hydrogen-bond donors (Lipinski definition) is 0. The molecule has 0 aromatic heterocycles. The normalized spacial score (nSPS) is 24.1. The molecule has 20 heavy (non-hydrogen) atoms. The van der Waals surface area contributed by atoms with Gasteiger partial charge in [-0.2, -0.15) is 0 Å². The molecule has 0 spiro atoms. The zero-order valence-corrected chi connectivity index (χ0v) is 17.2. The third-order valence-corrected chi connectivity index (χ3v) is 12.9. The van der Waals surface area contributed by atoms with E-state index in [4.69, 9.17) is 9.47 Å². The van der Waals surface area contributed by atoms with Gasteiger partial charge in [0.05, 0.1) is 0 Å². The van der Waals surface area contributed by atoms with Crippen molar-refractivity contribution >= 4 is 34.3 Å². The summed E-state index contributed by atoms with van der Waals surface area (Å²) < 4.78 is 14.2. The van der Waals surface area contributed by atoms with Gasteiger partial charge >= 0.3 is 134 Å². The number of methoxy groups -OCH3 is 2. The van der Waals surface area contributed by atoms with Gasteiger partial charge < -0.3 is 0 Å². The van der Waals surface area contributed by atoms with Gasteiger partial charge in [-0.3, -0.25) is 0 Å². The third-order valence-electron chi connectivity index (χ3n) is 4.53. The molecule has 1 aromatic rings. The molecule has 0 amide bonds. The molecule has 2 bridgehead atoms. The van der Waals surface area contributed by atoms with E-state index < -0.39 is 18.4 Å². The fraction of sp³-hybridized carbons (Fsp3) is 0.500. The average molecular weight is 444 g/mol. The molecule has 4 heteroatoms. The summed E-state index contributed by atoms with van der Waals surface area (Å²) in [5, 5.41) is 0. The van der Waals surface area contributed by atoms with Crippen molar-refractivity contribution in [2.24, 2.45) is 0 Å². The Morgan fingerprint density at radius 3 is 1.95 bits per heavy atom. The summed E-state index contributed by atoms with van der Waals surface area (Å²) in [7, 11) is 3.42. The Morgan fingerprint density at radius 2 is 1.50 bits per heavy atom. The van der Waals surface area contributed by atoms with Crippen LogP contribution < -0.4 is 9.47 Å². The summed E-state index contributed by atoms with van der Waals surface area (Å²) in [6.07, 6.45) is 1.23. The van der Waals surface area contributed by atoms with Crippen molar-refractivity contribution in [2.75, 3.05) is 14.2 Å². The molecule has 0 saturated carbocycles. The molecular formula is C16H21BrO2Sn. The van der Waals surface area contributed by atoms with Crippen molar-refractivity contribution in [3.8, 4) is 11.5 Å². The van der Waals surface area contributed by atoms with Crippen LogP contribution in [0.4, 0.5) is 0 Å². The van der Waals surface area contributed by atoms with Crippen LogP contribution in [0.25, 0.3) is 0 Å². The van der Waals surface area contributed by atoms with Gasteiger partial charge in [0.2, 0.25) is 0 Å². The molecule has 2 nitrogen and oxygen atoms in total. The molecule has 0 aliphatic heterocycles. The van der Waals surface area contributed by atoms with Gasteiger partial charge in [0.15, 0.2) is 0 Å². The predicted molar refractivity (Wildman–Crippen MR) is 88.9 cm³/mol. The fourth-order valence-electron chi connectivity index (χ4n) is 3.75. The van der Waals surface area contributed by atoms with Crippen LogP contribution >= 0.6 is 15.9 Å². The van der Waals surface area contributed by atoms with Gasteiger partial charge in [0, 0.05) is 0 Å². The second-order valence-corrected chi connectivity index (χ2v) is 21.9. The van der Waals surface area contributed by atoms with Crippen LogP contribution in [0.5, 0.6) is 11.5 Å². The average Bonchev–Trinajstić information content (AvgIpc) is 2.91. The first kappa shape index (κ1) is 14.8. The van der Waals surface area contributed by atoms with Crippen molar-refractivity contribution in [3.05, 3.63) is 31.3 Å². The van der Waals surface area contributed by atoms with Crippen molar-refractivity contribution in [2.45, 2.75) is 33.1 Å². The van der Waals surface area contributed by atoms with Crippen LogP contribution in [0, 0.1) is 0 Å². The van der Waals surface area contributed by atoms with Crippen LogP contribution in [0.15, 0.2) is 20.2 Å². The maximum absolute atomic E-state index is 5.48. The Balaban J connectivity index is 2.14. The zero-order valence-electron chi connectivity index (χ0n) is 12.7. The van der Waals surface area contributed by atoms with E-state index in [1.807, 2.05) is 0 Å². The number of hydrogen-bond acceptors (Lipinski definition) is 2. The number of ether oxygens (including phenoxy) is 2. The molecule has 1 aromatic carbocycles. The minimum atomic E-state index is -2.06. The van der Waals surface area contributed by atoms with Crippen LogP contribution in [0.2, 0.25) is 14.8 Å². The molecule has 0 heterocycles. The fourth-order valence-corrected chi connectivity index (χ4v) is 14.8. The van der Waals surface area contributed by atoms with Gasteiger partial charge in [0.25, 0.3) is 0 Å². The molecular weight excluding hydrogens is 423 g/mol. The molecule has 2 atom stereocenters. The molecule has 0 saturated heterocycles. The molecule has 0 N–H and O–H groups in total. The number of fused-ring (bicyclic) bond motifs is 5. The molecule has 0 radical (unpaired) electrons. The standard InChI is InChI=1S/C13H12BrO2.3CH3.Sn/c1-15-12-5-8-7-3-10(11(14)4-7)9(8)6-13(12)16-2;;;;/h5-7,10H,3H2,1-2H3;3*1H3;/t7-,10-;;;;/m1..../s1. The molecule has 2 aliphatic carbocycles. The van der Waals surface area contributed by atoms with Crippen molar-refractivity contribution < 1.29 is 9.47 Å². The Kier molecular flexibility index (Phi) is 3.65. The topological polar surface area (TPSA) is 18.5 Å². The number of halogens is 1. The SMILES string of the molecule is COc1cc2c(cc1OC)[C@H]1C[C@@H]2[C]([Sn]([CH3])([CH3])[CH3])=C1Br. The molecule has 3 rings (SSSR count). The summed E-state index contributed by atoms with van der Waals surface area (Å²) in [6.45, 7) is 0. The van der Waals surface area contributed by atoms with Crippen molar-refractivity contribution in [3.63, 3.8) is 0 Å². The van der Waals surface area contributed by atoms with Gasteiger partial charge in [-0.15, -0.1) is 0 Å². The first-order valence-corrected chi connectivity index (χ1v) is 17.8. The first-order chi connectivity index (χ1) is 9.38. The third kappa shape index (κ3) is 2.04. The molecule has 0 fully saturated rings. The monoisotopic (exact) mass is 444 g/mol. The van der Waals surface area contributed by atoms with Crippen molar-refractivity contribution in [1.82, 2.24) is 0 Å². The van der Waals surface area contributed by atoms with E-state index in [1.165, 1.54) is 22.0 Å². The summed E-state index contributed by atoms with van der Waals surface area (Å²) in [5.41, 5.74) is 2.90. The van der Waals surface area contributed by atoms with E-state index in [-0.39, 0.29) is 0 Å². The zero-order chi connectivity index (χ0) is 14.7. The molecule has 2 aliphatic rings. The Morgan fingerprint density at radius 1 is 1.00 bits per heavy atom.